The Labute approximate surface area is 67.6 Å². The molecule has 0 aliphatic carbocycles. The molecule has 0 aliphatic rings. The van der Waals surface area contributed by atoms with E-state index in [1.807, 2.05) is 0 Å². The zero-order valence-electron chi connectivity index (χ0n) is 6.24. The van der Waals surface area contributed by atoms with Crippen LogP contribution in [0.1, 0.15) is 10.5 Å². The van der Waals surface area contributed by atoms with Gasteiger partial charge >= 0.3 is 5.97 Å². The fraction of sp³-hybridized carbons (Fsp3) is 0.143. The van der Waals surface area contributed by atoms with Crippen LogP contribution in [0.5, 0.6) is 5.75 Å². The molecule has 0 atom stereocenters. The largest absolute Gasteiger partial charge is 0.492 e. The average Bonchev–Trinajstić information content (AvgIpc) is 2.04. The number of nitrogens with zero attached hydrogens (tertiary/aromatic N) is 1. The van der Waals surface area contributed by atoms with E-state index in [1.165, 1.54) is 19.2 Å². The van der Waals surface area contributed by atoms with E-state index in [4.69, 9.17) is 5.11 Å². The highest BCUT2D eigenvalue weighted by Crippen LogP contribution is 2.13. The minimum atomic E-state index is -1.27. The zero-order chi connectivity index (χ0) is 9.14. The molecule has 1 N–H and O–H groups in total. The Hall–Kier alpha value is -1.65. The minimum absolute atomic E-state index is 0.0694. The number of aromatic carboxylic acids is 1. The summed E-state index contributed by atoms with van der Waals surface area (Å²) in [6, 6.07) is 2.38. The van der Waals surface area contributed by atoms with Crippen LogP contribution in [0.25, 0.3) is 0 Å². The summed E-state index contributed by atoms with van der Waals surface area (Å²) in [4.78, 5) is 13.4. The number of carbonyl (C=O) groups is 1. The first kappa shape index (κ1) is 8.45. The van der Waals surface area contributed by atoms with E-state index in [-0.39, 0.29) is 11.4 Å². The number of rotatable bonds is 2. The van der Waals surface area contributed by atoms with Crippen molar-refractivity contribution in [3.63, 3.8) is 0 Å². The van der Waals surface area contributed by atoms with Gasteiger partial charge in [0.05, 0.1) is 7.11 Å². The molecule has 0 aliphatic heterocycles. The summed E-state index contributed by atoms with van der Waals surface area (Å²) in [5.74, 6) is -2.26. The van der Waals surface area contributed by atoms with Crippen molar-refractivity contribution < 1.29 is 19.0 Å². The monoisotopic (exact) mass is 171 g/mol. The van der Waals surface area contributed by atoms with Crippen molar-refractivity contribution in [1.82, 2.24) is 4.98 Å². The standard InChI is InChI=1S/C7H6FNO3/c1-12-5-3-2-4(7(10)11)9-6(5)8/h2-3H,1H3,(H,10,11). The van der Waals surface area contributed by atoms with E-state index in [0.29, 0.717) is 0 Å². The van der Waals surface area contributed by atoms with Gasteiger partial charge in [0.25, 0.3) is 5.95 Å². The van der Waals surface area contributed by atoms with Crippen molar-refractivity contribution in [3.8, 4) is 5.75 Å². The van der Waals surface area contributed by atoms with Gasteiger partial charge in [0, 0.05) is 0 Å². The Morgan fingerprint density at radius 1 is 1.67 bits per heavy atom. The van der Waals surface area contributed by atoms with Crippen molar-refractivity contribution in [2.24, 2.45) is 0 Å². The van der Waals surface area contributed by atoms with Gasteiger partial charge in [-0.15, -0.1) is 0 Å². The first-order valence-electron chi connectivity index (χ1n) is 3.09. The molecule has 0 bridgehead atoms. The van der Waals surface area contributed by atoms with E-state index < -0.39 is 11.9 Å². The molecule has 0 fully saturated rings. The number of hydrogen-bond donors (Lipinski definition) is 1. The third kappa shape index (κ3) is 1.50. The molecule has 0 radical (unpaired) electrons. The van der Waals surface area contributed by atoms with Crippen LogP contribution in [-0.2, 0) is 0 Å². The Morgan fingerprint density at radius 3 is 2.75 bits per heavy atom. The third-order valence-electron chi connectivity index (χ3n) is 1.25. The first-order valence-corrected chi connectivity index (χ1v) is 3.09. The SMILES string of the molecule is COc1ccc(C(=O)O)nc1F. The normalized spacial score (nSPS) is 9.50. The van der Waals surface area contributed by atoms with E-state index in [2.05, 4.69) is 9.72 Å². The van der Waals surface area contributed by atoms with Gasteiger partial charge in [0.2, 0.25) is 0 Å². The van der Waals surface area contributed by atoms with Crippen molar-refractivity contribution in [1.29, 1.82) is 0 Å². The molecule has 1 rings (SSSR count). The maximum atomic E-state index is 12.7. The maximum Gasteiger partial charge on any atom is 0.354 e. The summed E-state index contributed by atoms with van der Waals surface area (Å²) in [5.41, 5.74) is -0.340. The number of hydrogen-bond acceptors (Lipinski definition) is 3. The van der Waals surface area contributed by atoms with Gasteiger partial charge in [-0.3, -0.25) is 0 Å². The second-order valence-electron chi connectivity index (χ2n) is 1.99. The van der Waals surface area contributed by atoms with Crippen LogP contribution in [0.4, 0.5) is 4.39 Å². The lowest BCUT2D eigenvalue weighted by molar-refractivity contribution is 0.0689. The zero-order valence-corrected chi connectivity index (χ0v) is 6.24. The Morgan fingerprint density at radius 2 is 2.33 bits per heavy atom. The van der Waals surface area contributed by atoms with Crippen LogP contribution < -0.4 is 4.74 Å². The van der Waals surface area contributed by atoms with Crippen LogP contribution >= 0.6 is 0 Å². The molecular formula is C7H6FNO3. The summed E-state index contributed by atoms with van der Waals surface area (Å²) in [6.07, 6.45) is 0. The number of pyridine rings is 1. The molecule has 0 aromatic carbocycles. The van der Waals surface area contributed by atoms with Gasteiger partial charge in [-0.05, 0) is 12.1 Å². The number of carboxylic acid groups (broad SMARTS) is 1. The molecule has 4 nitrogen and oxygen atoms in total. The number of carboxylic acids is 1. The first-order chi connectivity index (χ1) is 5.65. The number of aromatic nitrogens is 1. The highest BCUT2D eigenvalue weighted by Gasteiger charge is 2.09. The molecule has 0 amide bonds. The van der Waals surface area contributed by atoms with E-state index in [0.717, 1.165) is 0 Å². The van der Waals surface area contributed by atoms with Crippen molar-refractivity contribution >= 4 is 5.97 Å². The van der Waals surface area contributed by atoms with E-state index in [1.54, 1.807) is 0 Å². The third-order valence-corrected chi connectivity index (χ3v) is 1.25. The van der Waals surface area contributed by atoms with Gasteiger partial charge in [-0.25, -0.2) is 9.78 Å². The van der Waals surface area contributed by atoms with Crippen molar-refractivity contribution in [2.45, 2.75) is 0 Å². The predicted octanol–water partition coefficient (Wildman–Crippen LogP) is 0.927. The highest BCUT2D eigenvalue weighted by molar-refractivity contribution is 5.85. The predicted molar refractivity (Wildman–Crippen MR) is 37.7 cm³/mol. The van der Waals surface area contributed by atoms with Gasteiger partial charge in [0.15, 0.2) is 11.4 Å². The smallest absolute Gasteiger partial charge is 0.354 e. The maximum absolute atomic E-state index is 12.7. The quantitative estimate of drug-likeness (QED) is 0.672. The molecule has 0 unspecified atom stereocenters. The van der Waals surface area contributed by atoms with Crippen LogP contribution in [0.15, 0.2) is 12.1 Å². The Bertz CT molecular complexity index is 314. The molecule has 0 saturated heterocycles. The van der Waals surface area contributed by atoms with Gasteiger partial charge in [-0.1, -0.05) is 0 Å². The number of methoxy groups -OCH3 is 1. The second kappa shape index (κ2) is 3.17. The number of ether oxygens (including phenoxy) is 1. The lowest BCUT2D eigenvalue weighted by Gasteiger charge is -2.00. The lowest BCUT2D eigenvalue weighted by atomic mass is 10.3. The van der Waals surface area contributed by atoms with Crippen molar-refractivity contribution in [3.05, 3.63) is 23.8 Å². The average molecular weight is 171 g/mol. The van der Waals surface area contributed by atoms with Gasteiger partial charge in [0.1, 0.15) is 0 Å². The summed E-state index contributed by atoms with van der Waals surface area (Å²) < 4.78 is 17.3. The lowest BCUT2D eigenvalue weighted by Crippen LogP contribution is -2.02. The topological polar surface area (TPSA) is 59.4 Å². The van der Waals surface area contributed by atoms with Gasteiger partial charge < -0.3 is 9.84 Å². The molecule has 0 saturated carbocycles. The summed E-state index contributed by atoms with van der Waals surface area (Å²) in [7, 11) is 1.28. The summed E-state index contributed by atoms with van der Waals surface area (Å²) >= 11 is 0. The molecular weight excluding hydrogens is 165 g/mol. The van der Waals surface area contributed by atoms with Crippen LogP contribution in [0.2, 0.25) is 0 Å². The Balaban J connectivity index is 3.10. The van der Waals surface area contributed by atoms with Crippen molar-refractivity contribution in [2.75, 3.05) is 7.11 Å². The van der Waals surface area contributed by atoms with E-state index in [9.17, 15) is 9.18 Å². The van der Waals surface area contributed by atoms with Crippen LogP contribution in [0, 0.1) is 5.95 Å². The van der Waals surface area contributed by atoms with Crippen LogP contribution in [-0.4, -0.2) is 23.2 Å². The molecule has 12 heavy (non-hydrogen) atoms. The van der Waals surface area contributed by atoms with Gasteiger partial charge in [-0.2, -0.15) is 4.39 Å². The number of halogens is 1. The highest BCUT2D eigenvalue weighted by atomic mass is 19.1. The molecule has 1 heterocycles. The Kier molecular flexibility index (Phi) is 2.23. The molecule has 64 valence electrons. The molecule has 1 aromatic rings. The molecule has 0 spiro atoms. The second-order valence-corrected chi connectivity index (χ2v) is 1.99. The van der Waals surface area contributed by atoms with E-state index >= 15 is 0 Å². The molecule has 1 aromatic heterocycles. The fourth-order valence-electron chi connectivity index (χ4n) is 0.693. The summed E-state index contributed by atoms with van der Waals surface area (Å²) in [5, 5.41) is 8.40. The fourth-order valence-corrected chi connectivity index (χ4v) is 0.693. The molecule has 5 heteroatoms. The summed E-state index contributed by atoms with van der Waals surface area (Å²) in [6.45, 7) is 0. The van der Waals surface area contributed by atoms with Crippen LogP contribution in [0.3, 0.4) is 0 Å². The minimum Gasteiger partial charge on any atom is -0.492 e.